The molecule has 2 N–H and O–H groups in total. The molecule has 0 amide bonds. The van der Waals surface area contributed by atoms with E-state index in [1.807, 2.05) is 25.1 Å². The summed E-state index contributed by atoms with van der Waals surface area (Å²) in [7, 11) is 1.34. The van der Waals surface area contributed by atoms with Crippen LogP contribution < -0.4 is 5.73 Å². The van der Waals surface area contributed by atoms with Gasteiger partial charge in [0.25, 0.3) is 0 Å². The molecule has 5 heteroatoms. The SMILES string of the molecule is COC(=O)c1sc(-c2ccc(Cl)c(C)c2)cc1N. The van der Waals surface area contributed by atoms with E-state index < -0.39 is 5.97 Å². The summed E-state index contributed by atoms with van der Waals surface area (Å²) in [6.45, 7) is 1.93. The van der Waals surface area contributed by atoms with Crippen LogP contribution in [-0.2, 0) is 4.74 Å². The van der Waals surface area contributed by atoms with E-state index in [9.17, 15) is 4.79 Å². The number of nitrogen functional groups attached to an aromatic ring is 1. The predicted octanol–water partition coefficient (Wildman–Crippen LogP) is 3.75. The van der Waals surface area contributed by atoms with E-state index in [1.165, 1.54) is 18.4 Å². The third-order valence-electron chi connectivity index (χ3n) is 2.57. The van der Waals surface area contributed by atoms with Gasteiger partial charge in [-0.1, -0.05) is 17.7 Å². The van der Waals surface area contributed by atoms with E-state index >= 15 is 0 Å². The average Bonchev–Trinajstić information content (AvgIpc) is 2.74. The van der Waals surface area contributed by atoms with Crippen molar-refractivity contribution in [2.45, 2.75) is 6.92 Å². The number of ether oxygens (including phenoxy) is 1. The van der Waals surface area contributed by atoms with Crippen LogP contribution in [0, 0.1) is 6.92 Å². The van der Waals surface area contributed by atoms with Gasteiger partial charge in [0.05, 0.1) is 12.8 Å². The summed E-state index contributed by atoms with van der Waals surface area (Å²) in [5.41, 5.74) is 8.22. The average molecular weight is 282 g/mol. The van der Waals surface area contributed by atoms with Gasteiger partial charge in [-0.3, -0.25) is 0 Å². The highest BCUT2D eigenvalue weighted by atomic mass is 35.5. The predicted molar refractivity (Wildman–Crippen MR) is 75.3 cm³/mol. The molecule has 0 fully saturated rings. The number of nitrogens with two attached hydrogens (primary N) is 1. The fraction of sp³-hybridized carbons (Fsp3) is 0.154. The maximum Gasteiger partial charge on any atom is 0.350 e. The van der Waals surface area contributed by atoms with Gasteiger partial charge in [0.1, 0.15) is 4.88 Å². The van der Waals surface area contributed by atoms with Crippen LogP contribution in [0.25, 0.3) is 10.4 Å². The highest BCUT2D eigenvalue weighted by molar-refractivity contribution is 7.18. The molecule has 1 aromatic carbocycles. The number of halogens is 1. The summed E-state index contributed by atoms with van der Waals surface area (Å²) in [4.78, 5) is 12.8. The normalized spacial score (nSPS) is 10.4. The second kappa shape index (κ2) is 5.00. The van der Waals surface area contributed by atoms with Crippen LogP contribution in [-0.4, -0.2) is 13.1 Å². The number of esters is 1. The summed E-state index contributed by atoms with van der Waals surface area (Å²) in [6.07, 6.45) is 0. The highest BCUT2D eigenvalue weighted by Crippen LogP contribution is 2.34. The molecule has 0 unspecified atom stereocenters. The summed E-state index contributed by atoms with van der Waals surface area (Å²) >= 11 is 7.30. The molecule has 0 saturated heterocycles. The van der Waals surface area contributed by atoms with Gasteiger partial charge in [0.15, 0.2) is 0 Å². The second-order valence-electron chi connectivity index (χ2n) is 3.85. The molecule has 0 atom stereocenters. The Hall–Kier alpha value is -1.52. The van der Waals surface area contributed by atoms with E-state index in [0.29, 0.717) is 10.6 Å². The Balaban J connectivity index is 2.45. The van der Waals surface area contributed by atoms with Gasteiger partial charge in [-0.05, 0) is 36.2 Å². The first kappa shape index (κ1) is 12.9. The monoisotopic (exact) mass is 281 g/mol. The van der Waals surface area contributed by atoms with Gasteiger partial charge in [-0.15, -0.1) is 11.3 Å². The Morgan fingerprint density at radius 2 is 2.11 bits per heavy atom. The molecule has 1 aromatic heterocycles. The molecule has 1 heterocycles. The third-order valence-corrected chi connectivity index (χ3v) is 4.18. The number of benzene rings is 1. The number of thiophene rings is 1. The van der Waals surface area contributed by atoms with Crippen molar-refractivity contribution in [3.63, 3.8) is 0 Å². The maximum absolute atomic E-state index is 11.5. The number of rotatable bonds is 2. The molecule has 0 aliphatic rings. The molecule has 2 rings (SSSR count). The zero-order valence-electron chi connectivity index (χ0n) is 9.99. The van der Waals surface area contributed by atoms with Crippen molar-refractivity contribution in [2.75, 3.05) is 12.8 Å². The quantitative estimate of drug-likeness (QED) is 0.853. The number of aryl methyl sites for hydroxylation is 1. The first-order valence-corrected chi connectivity index (χ1v) is 6.46. The number of anilines is 1. The van der Waals surface area contributed by atoms with Gasteiger partial charge < -0.3 is 10.5 Å². The molecule has 0 radical (unpaired) electrons. The van der Waals surface area contributed by atoms with E-state index in [1.54, 1.807) is 6.07 Å². The van der Waals surface area contributed by atoms with Crippen molar-refractivity contribution in [3.05, 3.63) is 39.7 Å². The maximum atomic E-state index is 11.5. The topological polar surface area (TPSA) is 52.3 Å². The summed E-state index contributed by atoms with van der Waals surface area (Å²) in [5.74, 6) is -0.408. The molecule has 0 spiro atoms. The highest BCUT2D eigenvalue weighted by Gasteiger charge is 2.15. The number of carbonyl (C=O) groups is 1. The Morgan fingerprint density at radius 3 is 2.72 bits per heavy atom. The molecule has 0 aliphatic carbocycles. The van der Waals surface area contributed by atoms with Gasteiger partial charge in [0, 0.05) is 9.90 Å². The molecule has 2 aromatic rings. The van der Waals surface area contributed by atoms with Crippen molar-refractivity contribution < 1.29 is 9.53 Å². The minimum absolute atomic E-state index is 0.408. The summed E-state index contributed by atoms with van der Waals surface area (Å²) in [5, 5.41) is 0.719. The summed E-state index contributed by atoms with van der Waals surface area (Å²) < 4.78 is 4.68. The van der Waals surface area contributed by atoms with Crippen LogP contribution in [0.2, 0.25) is 5.02 Å². The first-order chi connectivity index (χ1) is 8.52. The van der Waals surface area contributed by atoms with Crippen LogP contribution in [0.1, 0.15) is 15.2 Å². The zero-order chi connectivity index (χ0) is 13.3. The van der Waals surface area contributed by atoms with Crippen LogP contribution in [0.4, 0.5) is 5.69 Å². The lowest BCUT2D eigenvalue weighted by atomic mass is 10.1. The van der Waals surface area contributed by atoms with Crippen molar-refractivity contribution in [3.8, 4) is 10.4 Å². The zero-order valence-corrected chi connectivity index (χ0v) is 11.6. The van der Waals surface area contributed by atoms with E-state index in [4.69, 9.17) is 17.3 Å². The molecule has 0 bridgehead atoms. The fourth-order valence-electron chi connectivity index (χ4n) is 1.60. The van der Waals surface area contributed by atoms with Crippen LogP contribution in [0.3, 0.4) is 0 Å². The Morgan fingerprint density at radius 1 is 1.39 bits per heavy atom. The molecule has 94 valence electrons. The van der Waals surface area contributed by atoms with Crippen molar-refractivity contribution in [1.29, 1.82) is 0 Å². The lowest BCUT2D eigenvalue weighted by Gasteiger charge is -2.01. The van der Waals surface area contributed by atoms with E-state index in [2.05, 4.69) is 4.74 Å². The largest absolute Gasteiger partial charge is 0.465 e. The molecule has 0 saturated carbocycles. The lowest BCUT2D eigenvalue weighted by molar-refractivity contribution is 0.0607. The first-order valence-electron chi connectivity index (χ1n) is 5.27. The standard InChI is InChI=1S/C13H12ClNO2S/c1-7-5-8(3-4-9(7)14)11-6-10(15)12(18-11)13(16)17-2/h3-6H,15H2,1-2H3. The number of carbonyl (C=O) groups excluding carboxylic acids is 1. The van der Waals surface area contributed by atoms with Crippen molar-refractivity contribution >= 4 is 34.6 Å². The van der Waals surface area contributed by atoms with Crippen molar-refractivity contribution in [2.24, 2.45) is 0 Å². The van der Waals surface area contributed by atoms with Crippen LogP contribution in [0.15, 0.2) is 24.3 Å². The van der Waals surface area contributed by atoms with Crippen molar-refractivity contribution in [1.82, 2.24) is 0 Å². The Kier molecular flexibility index (Phi) is 3.59. The molecule has 0 aliphatic heterocycles. The minimum Gasteiger partial charge on any atom is -0.465 e. The van der Waals surface area contributed by atoms with E-state index in [-0.39, 0.29) is 0 Å². The summed E-state index contributed by atoms with van der Waals surface area (Å²) in [6, 6.07) is 7.48. The molecule has 3 nitrogen and oxygen atoms in total. The molecule has 18 heavy (non-hydrogen) atoms. The van der Waals surface area contributed by atoms with Gasteiger partial charge in [0.2, 0.25) is 0 Å². The number of methoxy groups -OCH3 is 1. The van der Waals surface area contributed by atoms with Gasteiger partial charge >= 0.3 is 5.97 Å². The lowest BCUT2D eigenvalue weighted by Crippen LogP contribution is -2.00. The van der Waals surface area contributed by atoms with Gasteiger partial charge in [-0.2, -0.15) is 0 Å². The minimum atomic E-state index is -0.408. The van der Waals surface area contributed by atoms with Crippen LogP contribution in [0.5, 0.6) is 0 Å². The third kappa shape index (κ3) is 2.35. The second-order valence-corrected chi connectivity index (χ2v) is 5.31. The van der Waals surface area contributed by atoms with Gasteiger partial charge in [-0.25, -0.2) is 4.79 Å². The molecular weight excluding hydrogens is 270 g/mol. The number of hydrogen-bond acceptors (Lipinski definition) is 4. The molecular formula is C13H12ClNO2S. The fourth-order valence-corrected chi connectivity index (χ4v) is 2.71. The smallest absolute Gasteiger partial charge is 0.350 e. The Bertz CT molecular complexity index is 607. The van der Waals surface area contributed by atoms with Crippen LogP contribution >= 0.6 is 22.9 Å². The van der Waals surface area contributed by atoms with E-state index in [0.717, 1.165) is 21.0 Å². The Labute approximate surface area is 114 Å². The number of hydrogen-bond donors (Lipinski definition) is 1.